The number of halogens is 1. The first-order valence-corrected chi connectivity index (χ1v) is 5.16. The van der Waals surface area contributed by atoms with Gasteiger partial charge in [0.2, 0.25) is 0 Å². The van der Waals surface area contributed by atoms with Gasteiger partial charge in [0.1, 0.15) is 11.9 Å². The van der Waals surface area contributed by atoms with Crippen LogP contribution in [0.25, 0.3) is 0 Å². The van der Waals surface area contributed by atoms with Crippen LogP contribution < -0.4 is 5.32 Å². The number of nitrogens with one attached hydrogen (secondary N) is 1. The van der Waals surface area contributed by atoms with Crippen LogP contribution in [0.15, 0.2) is 12.3 Å². The van der Waals surface area contributed by atoms with Gasteiger partial charge >= 0.3 is 0 Å². The van der Waals surface area contributed by atoms with Gasteiger partial charge in [-0.1, -0.05) is 11.6 Å². The molecule has 2 atom stereocenters. The smallest absolute Gasteiger partial charge is 0.145 e. The van der Waals surface area contributed by atoms with Gasteiger partial charge in [-0.3, -0.25) is 0 Å². The first-order chi connectivity index (χ1) is 7.70. The van der Waals surface area contributed by atoms with E-state index in [0.717, 1.165) is 0 Å². The molecule has 0 spiro atoms. The van der Waals surface area contributed by atoms with E-state index in [1.807, 2.05) is 6.07 Å². The second-order valence-electron chi connectivity index (χ2n) is 3.52. The Morgan fingerprint density at radius 3 is 3.00 bits per heavy atom. The molecule has 0 unspecified atom stereocenters. The summed E-state index contributed by atoms with van der Waals surface area (Å²) in [4.78, 5) is 4.01. The lowest BCUT2D eigenvalue weighted by molar-refractivity contribution is 0.125. The molecule has 6 heteroatoms. The van der Waals surface area contributed by atoms with E-state index in [4.69, 9.17) is 21.6 Å². The number of nitrogens with zero attached hydrogens (tertiary/aromatic N) is 2. The molecule has 0 aliphatic carbocycles. The predicted octanol–water partition coefficient (Wildman–Crippen LogP) is 0.778. The molecule has 1 aliphatic heterocycles. The number of hydrogen-bond acceptors (Lipinski definition) is 5. The van der Waals surface area contributed by atoms with Crippen molar-refractivity contribution in [2.24, 2.45) is 0 Å². The molecule has 2 rings (SSSR count). The van der Waals surface area contributed by atoms with Gasteiger partial charge in [-0.15, -0.1) is 0 Å². The molecule has 0 aromatic carbocycles. The molecule has 2 heterocycles. The lowest BCUT2D eigenvalue weighted by Gasteiger charge is -2.15. The highest BCUT2D eigenvalue weighted by Gasteiger charge is 2.26. The number of aromatic nitrogens is 1. The fourth-order valence-electron chi connectivity index (χ4n) is 1.46. The molecule has 84 valence electrons. The highest BCUT2D eigenvalue weighted by atomic mass is 35.5. The Morgan fingerprint density at radius 2 is 2.44 bits per heavy atom. The first-order valence-electron chi connectivity index (χ1n) is 4.78. The maximum atomic E-state index is 9.53. The van der Waals surface area contributed by atoms with Gasteiger partial charge in [0.25, 0.3) is 0 Å². The molecular weight excluding hydrogens is 230 g/mol. The minimum atomic E-state index is -0.562. The molecule has 1 fully saturated rings. The molecule has 1 aliphatic rings. The Morgan fingerprint density at radius 1 is 1.62 bits per heavy atom. The summed E-state index contributed by atoms with van der Waals surface area (Å²) >= 11 is 5.94. The van der Waals surface area contributed by atoms with Crippen molar-refractivity contribution in [1.82, 2.24) is 4.98 Å². The van der Waals surface area contributed by atoms with Crippen molar-refractivity contribution in [2.75, 3.05) is 18.5 Å². The number of pyridine rings is 1. The Bertz CT molecular complexity index is 433. The highest BCUT2D eigenvalue weighted by Crippen LogP contribution is 2.22. The molecule has 1 saturated heterocycles. The van der Waals surface area contributed by atoms with Crippen molar-refractivity contribution in [2.45, 2.75) is 12.1 Å². The molecule has 5 nitrogen and oxygen atoms in total. The lowest BCUT2D eigenvalue weighted by Crippen LogP contribution is -2.32. The van der Waals surface area contributed by atoms with Gasteiger partial charge in [0.15, 0.2) is 0 Å². The van der Waals surface area contributed by atoms with E-state index in [-0.39, 0.29) is 6.04 Å². The van der Waals surface area contributed by atoms with E-state index in [1.165, 1.54) is 12.3 Å². The molecule has 1 aromatic heterocycles. The molecule has 0 amide bonds. The number of hydrogen-bond donors (Lipinski definition) is 2. The van der Waals surface area contributed by atoms with Gasteiger partial charge in [-0.25, -0.2) is 4.98 Å². The van der Waals surface area contributed by atoms with Crippen molar-refractivity contribution in [1.29, 1.82) is 5.26 Å². The number of rotatable bonds is 2. The van der Waals surface area contributed by atoms with Crippen LogP contribution in [0.4, 0.5) is 5.82 Å². The van der Waals surface area contributed by atoms with E-state index in [1.54, 1.807) is 0 Å². The largest absolute Gasteiger partial charge is 0.388 e. The first kappa shape index (κ1) is 11.1. The van der Waals surface area contributed by atoms with Gasteiger partial charge in [0.05, 0.1) is 35.9 Å². The molecule has 2 N–H and O–H groups in total. The Balaban J connectivity index is 2.13. The Kier molecular flexibility index (Phi) is 3.25. The maximum Gasteiger partial charge on any atom is 0.145 e. The van der Waals surface area contributed by atoms with Crippen LogP contribution in [-0.2, 0) is 4.74 Å². The van der Waals surface area contributed by atoms with E-state index < -0.39 is 6.10 Å². The molecule has 16 heavy (non-hydrogen) atoms. The standard InChI is InChI=1S/C10H10ClN3O2/c11-7-1-6(2-12)3-13-10(7)14-8-4-16-5-9(8)15/h1,3,8-9,15H,4-5H2,(H,13,14)/t8-,9-/m1/s1. The minimum absolute atomic E-state index is 0.210. The molecule has 0 radical (unpaired) electrons. The summed E-state index contributed by atoms with van der Waals surface area (Å²) in [7, 11) is 0. The van der Waals surface area contributed by atoms with Crippen LogP contribution in [0.1, 0.15) is 5.56 Å². The van der Waals surface area contributed by atoms with Gasteiger partial charge < -0.3 is 15.2 Å². The lowest BCUT2D eigenvalue weighted by atomic mass is 10.2. The van der Waals surface area contributed by atoms with Crippen molar-refractivity contribution >= 4 is 17.4 Å². The van der Waals surface area contributed by atoms with Crippen LogP contribution in [0, 0.1) is 11.3 Å². The summed E-state index contributed by atoms with van der Waals surface area (Å²) in [5.74, 6) is 0.454. The van der Waals surface area contributed by atoms with E-state index in [2.05, 4.69) is 10.3 Å². The van der Waals surface area contributed by atoms with Crippen LogP contribution in [0.3, 0.4) is 0 Å². The number of nitriles is 1. The molecule has 0 saturated carbocycles. The van der Waals surface area contributed by atoms with Crippen molar-refractivity contribution in [3.05, 3.63) is 22.8 Å². The molecule has 1 aromatic rings. The summed E-state index contributed by atoms with van der Waals surface area (Å²) < 4.78 is 5.09. The van der Waals surface area contributed by atoms with Crippen molar-refractivity contribution in [3.63, 3.8) is 0 Å². The van der Waals surface area contributed by atoms with Gasteiger partial charge in [-0.2, -0.15) is 5.26 Å². The van der Waals surface area contributed by atoms with Gasteiger partial charge in [0, 0.05) is 6.20 Å². The predicted molar refractivity (Wildman–Crippen MR) is 58.2 cm³/mol. The summed E-state index contributed by atoms with van der Waals surface area (Å²) in [6.07, 6.45) is 0.865. The van der Waals surface area contributed by atoms with Crippen LogP contribution >= 0.6 is 11.6 Å². The summed E-state index contributed by atoms with van der Waals surface area (Å²) in [6, 6.07) is 3.27. The minimum Gasteiger partial charge on any atom is -0.388 e. The summed E-state index contributed by atoms with van der Waals surface area (Å²) in [5.41, 5.74) is 0.402. The van der Waals surface area contributed by atoms with Crippen LogP contribution in [-0.4, -0.2) is 35.5 Å². The SMILES string of the molecule is N#Cc1cnc(N[C@@H]2COC[C@H]2O)c(Cl)c1. The van der Waals surface area contributed by atoms with Crippen molar-refractivity contribution < 1.29 is 9.84 Å². The third kappa shape index (κ3) is 2.25. The Hall–Kier alpha value is -1.35. The normalized spacial score (nSPS) is 24.1. The fraction of sp³-hybridized carbons (Fsp3) is 0.400. The summed E-state index contributed by atoms with van der Waals surface area (Å²) in [6.45, 7) is 0.727. The van der Waals surface area contributed by atoms with Crippen molar-refractivity contribution in [3.8, 4) is 6.07 Å². The second kappa shape index (κ2) is 4.66. The maximum absolute atomic E-state index is 9.53. The summed E-state index contributed by atoms with van der Waals surface area (Å²) in [5, 5.41) is 21.5. The van der Waals surface area contributed by atoms with Crippen LogP contribution in [0.2, 0.25) is 5.02 Å². The van der Waals surface area contributed by atoms with E-state index in [9.17, 15) is 5.11 Å². The zero-order valence-electron chi connectivity index (χ0n) is 8.35. The molecule has 0 bridgehead atoms. The third-order valence-electron chi connectivity index (χ3n) is 2.34. The van der Waals surface area contributed by atoms with E-state index in [0.29, 0.717) is 29.6 Å². The number of aliphatic hydroxyl groups excluding tert-OH is 1. The van der Waals surface area contributed by atoms with Crippen LogP contribution in [0.5, 0.6) is 0 Å². The topological polar surface area (TPSA) is 78.2 Å². The monoisotopic (exact) mass is 239 g/mol. The molecular formula is C10H10ClN3O2. The number of anilines is 1. The Labute approximate surface area is 97.6 Å². The quantitative estimate of drug-likeness (QED) is 0.797. The third-order valence-corrected chi connectivity index (χ3v) is 2.63. The zero-order chi connectivity index (χ0) is 11.5. The highest BCUT2D eigenvalue weighted by molar-refractivity contribution is 6.33. The number of aliphatic hydroxyl groups is 1. The average molecular weight is 240 g/mol. The van der Waals surface area contributed by atoms with Gasteiger partial charge in [-0.05, 0) is 6.07 Å². The number of ether oxygens (including phenoxy) is 1. The fourth-order valence-corrected chi connectivity index (χ4v) is 1.68. The zero-order valence-corrected chi connectivity index (χ0v) is 9.11. The van der Waals surface area contributed by atoms with E-state index >= 15 is 0 Å². The average Bonchev–Trinajstić information content (AvgIpc) is 2.67. The second-order valence-corrected chi connectivity index (χ2v) is 3.93.